The topological polar surface area (TPSA) is 78.1 Å². The molecule has 0 N–H and O–H groups in total. The minimum atomic E-state index is 0.714. The van der Waals surface area contributed by atoms with Gasteiger partial charge in [0.15, 0.2) is 16.7 Å². The van der Waals surface area contributed by atoms with Crippen LogP contribution in [-0.2, 0) is 0 Å². The number of hydrogen-bond acceptors (Lipinski definition) is 6. The number of rotatable bonds is 6. The molecule has 63 heavy (non-hydrogen) atoms. The van der Waals surface area contributed by atoms with Crippen LogP contribution in [0.1, 0.15) is 0 Å². The fourth-order valence-electron chi connectivity index (χ4n) is 9.35. The van der Waals surface area contributed by atoms with E-state index in [2.05, 4.69) is 146 Å². The van der Waals surface area contributed by atoms with Crippen LogP contribution in [0.5, 0.6) is 0 Å². The van der Waals surface area contributed by atoms with Gasteiger partial charge in [-0.05, 0) is 88.0 Å². The summed E-state index contributed by atoms with van der Waals surface area (Å²) in [5.74, 6) is 0. The number of para-hydroxylation sites is 3. The van der Waals surface area contributed by atoms with Crippen molar-refractivity contribution in [2.45, 2.75) is 0 Å². The van der Waals surface area contributed by atoms with Crippen LogP contribution in [-0.4, -0.2) is 15.0 Å². The number of furan rings is 3. The standard InChI is InChI=1S/C57H33N3O3/c1-4-13-34(14-5-1)40-19-10-22-46-49-55(61-52(40)46)43(25-28-58-49)37-31-38(44-26-29-59-50-47-23-11-20-41(53(47)62-56(44)50)35-15-6-2-7-16-35)33-39(32-37)45-27-30-60-51-48-24-12-21-42(54(48)63-57(45)51)36-17-8-3-9-18-36/h1-33H. The Morgan fingerprint density at radius 3 is 0.825 bits per heavy atom. The van der Waals surface area contributed by atoms with Crippen molar-refractivity contribution >= 4 is 66.2 Å². The van der Waals surface area contributed by atoms with Gasteiger partial charge in [-0.2, -0.15) is 0 Å². The average Bonchev–Trinajstić information content (AvgIpc) is 4.06. The summed E-state index contributed by atoms with van der Waals surface area (Å²) in [6, 6.07) is 62.6. The second-order valence-corrected chi connectivity index (χ2v) is 15.9. The lowest BCUT2D eigenvalue weighted by molar-refractivity contribution is 0.670. The third-order valence-electron chi connectivity index (χ3n) is 12.3. The third kappa shape index (κ3) is 5.55. The molecule has 0 saturated heterocycles. The van der Waals surface area contributed by atoms with Crippen LogP contribution in [0, 0.1) is 0 Å². The molecule has 0 fully saturated rings. The molecule has 0 aliphatic heterocycles. The first kappa shape index (κ1) is 35.2. The maximum absolute atomic E-state index is 6.93. The van der Waals surface area contributed by atoms with E-state index in [9.17, 15) is 0 Å². The molecular formula is C57H33N3O3. The van der Waals surface area contributed by atoms with Crippen LogP contribution in [0.4, 0.5) is 0 Å². The summed E-state index contributed by atoms with van der Waals surface area (Å²) in [4.78, 5) is 14.7. The molecule has 6 heteroatoms. The highest BCUT2D eigenvalue weighted by molar-refractivity contribution is 6.15. The molecule has 0 radical (unpaired) electrons. The second-order valence-electron chi connectivity index (χ2n) is 15.9. The zero-order valence-corrected chi connectivity index (χ0v) is 33.6. The molecular weight excluding hydrogens is 775 g/mol. The zero-order valence-electron chi connectivity index (χ0n) is 33.6. The van der Waals surface area contributed by atoms with Gasteiger partial charge in [0, 0.05) is 68.1 Å². The quantitative estimate of drug-likeness (QED) is 0.166. The van der Waals surface area contributed by atoms with Crippen molar-refractivity contribution in [2.24, 2.45) is 0 Å². The molecule has 294 valence electrons. The normalized spacial score (nSPS) is 11.8. The number of nitrogens with zero attached hydrogens (tertiary/aromatic N) is 3. The van der Waals surface area contributed by atoms with Crippen LogP contribution in [0.2, 0.25) is 0 Å². The van der Waals surface area contributed by atoms with Gasteiger partial charge in [0.05, 0.1) is 0 Å². The molecule has 0 aliphatic rings. The Morgan fingerprint density at radius 2 is 0.524 bits per heavy atom. The third-order valence-corrected chi connectivity index (χ3v) is 12.3. The lowest BCUT2D eigenvalue weighted by Gasteiger charge is -2.12. The van der Waals surface area contributed by atoms with Gasteiger partial charge in [-0.3, -0.25) is 15.0 Å². The summed E-state index contributed by atoms with van der Waals surface area (Å²) >= 11 is 0. The molecule has 6 heterocycles. The molecule has 13 rings (SSSR count). The first-order chi connectivity index (χ1) is 31.2. The second kappa shape index (κ2) is 14.0. The van der Waals surface area contributed by atoms with Gasteiger partial charge in [0.2, 0.25) is 0 Å². The van der Waals surface area contributed by atoms with Crippen molar-refractivity contribution in [3.63, 3.8) is 0 Å². The molecule has 6 aromatic heterocycles. The molecule has 7 aromatic carbocycles. The maximum Gasteiger partial charge on any atom is 0.161 e. The van der Waals surface area contributed by atoms with E-state index in [1.165, 1.54) is 0 Å². The average molecular weight is 808 g/mol. The Hall–Kier alpha value is -8.61. The molecule has 13 aromatic rings. The first-order valence-electron chi connectivity index (χ1n) is 21.0. The minimum absolute atomic E-state index is 0.714. The summed E-state index contributed by atoms with van der Waals surface area (Å²) in [7, 11) is 0. The van der Waals surface area contributed by atoms with E-state index in [1.807, 2.05) is 55.0 Å². The molecule has 0 atom stereocenters. The Labute approximate surface area is 360 Å². The van der Waals surface area contributed by atoms with Crippen molar-refractivity contribution in [3.8, 4) is 66.8 Å². The van der Waals surface area contributed by atoms with Crippen LogP contribution < -0.4 is 0 Å². The van der Waals surface area contributed by atoms with E-state index in [0.717, 1.165) is 116 Å². The summed E-state index contributed by atoms with van der Waals surface area (Å²) in [5, 5.41) is 2.89. The zero-order chi connectivity index (χ0) is 41.4. The molecule has 0 aliphatic carbocycles. The van der Waals surface area contributed by atoms with E-state index in [1.54, 1.807) is 0 Å². The molecule has 6 nitrogen and oxygen atoms in total. The number of benzene rings is 7. The highest BCUT2D eigenvalue weighted by atomic mass is 16.3. The molecule has 0 spiro atoms. The summed E-state index contributed by atoms with van der Waals surface area (Å²) in [5.41, 5.74) is 18.9. The van der Waals surface area contributed by atoms with Crippen molar-refractivity contribution < 1.29 is 13.3 Å². The van der Waals surface area contributed by atoms with Crippen molar-refractivity contribution in [3.05, 3.63) is 201 Å². The van der Waals surface area contributed by atoms with Crippen LogP contribution in [0.15, 0.2) is 214 Å². The van der Waals surface area contributed by atoms with Crippen molar-refractivity contribution in [1.82, 2.24) is 15.0 Å². The van der Waals surface area contributed by atoms with Crippen molar-refractivity contribution in [1.29, 1.82) is 0 Å². The Kier molecular flexibility index (Phi) is 7.80. The lowest BCUT2D eigenvalue weighted by atomic mass is 9.93. The van der Waals surface area contributed by atoms with Crippen LogP contribution in [0.3, 0.4) is 0 Å². The summed E-state index contributed by atoms with van der Waals surface area (Å²) < 4.78 is 20.8. The Balaban J connectivity index is 1.08. The fourth-order valence-corrected chi connectivity index (χ4v) is 9.35. The number of hydrogen-bond donors (Lipinski definition) is 0. The highest BCUT2D eigenvalue weighted by Gasteiger charge is 2.23. The minimum Gasteiger partial charge on any atom is -0.453 e. The largest absolute Gasteiger partial charge is 0.453 e. The van der Waals surface area contributed by atoms with Crippen LogP contribution >= 0.6 is 0 Å². The Morgan fingerprint density at radius 1 is 0.238 bits per heavy atom. The predicted molar refractivity (Wildman–Crippen MR) is 254 cm³/mol. The monoisotopic (exact) mass is 807 g/mol. The first-order valence-corrected chi connectivity index (χ1v) is 21.0. The van der Waals surface area contributed by atoms with Gasteiger partial charge in [-0.25, -0.2) is 0 Å². The van der Waals surface area contributed by atoms with E-state index in [4.69, 9.17) is 28.2 Å². The van der Waals surface area contributed by atoms with Gasteiger partial charge in [0.1, 0.15) is 33.3 Å². The van der Waals surface area contributed by atoms with Gasteiger partial charge < -0.3 is 13.3 Å². The summed E-state index contributed by atoms with van der Waals surface area (Å²) in [6.07, 6.45) is 5.62. The van der Waals surface area contributed by atoms with Crippen molar-refractivity contribution in [2.75, 3.05) is 0 Å². The number of pyridine rings is 3. The number of aromatic nitrogens is 3. The van der Waals surface area contributed by atoms with E-state index >= 15 is 0 Å². The van der Waals surface area contributed by atoms with E-state index < -0.39 is 0 Å². The van der Waals surface area contributed by atoms with Gasteiger partial charge in [-0.15, -0.1) is 0 Å². The molecule has 0 unspecified atom stereocenters. The van der Waals surface area contributed by atoms with Crippen LogP contribution in [0.25, 0.3) is 133 Å². The Bertz CT molecular complexity index is 3490. The van der Waals surface area contributed by atoms with Gasteiger partial charge >= 0.3 is 0 Å². The SMILES string of the molecule is c1ccc(-c2cccc3c2oc2c(-c4cc(-c5ccnc6c5oc5c(-c7ccccc7)cccc56)cc(-c5ccnc6c5oc5c(-c7ccccc7)cccc56)c4)ccnc23)cc1. The fraction of sp³-hybridized carbons (Fsp3) is 0. The molecule has 0 bridgehead atoms. The summed E-state index contributed by atoms with van der Waals surface area (Å²) in [6.45, 7) is 0. The van der Waals surface area contributed by atoms with E-state index in [-0.39, 0.29) is 0 Å². The van der Waals surface area contributed by atoms with E-state index in [0.29, 0.717) is 16.7 Å². The predicted octanol–water partition coefficient (Wildman–Crippen LogP) is 15.6. The molecule has 0 amide bonds. The highest BCUT2D eigenvalue weighted by Crippen LogP contribution is 2.45. The van der Waals surface area contributed by atoms with Gasteiger partial charge in [-0.1, -0.05) is 127 Å². The van der Waals surface area contributed by atoms with Gasteiger partial charge in [0.25, 0.3) is 0 Å². The number of fused-ring (bicyclic) bond motifs is 9. The molecule has 0 saturated carbocycles. The lowest BCUT2D eigenvalue weighted by Crippen LogP contribution is -1.89. The smallest absolute Gasteiger partial charge is 0.161 e. The maximum atomic E-state index is 6.93.